The van der Waals surface area contributed by atoms with E-state index in [1.54, 1.807) is 13.3 Å². The van der Waals surface area contributed by atoms with Crippen molar-refractivity contribution in [3.63, 3.8) is 0 Å². The predicted molar refractivity (Wildman–Crippen MR) is 133 cm³/mol. The van der Waals surface area contributed by atoms with Crippen LogP contribution in [0.3, 0.4) is 0 Å². The van der Waals surface area contributed by atoms with Gasteiger partial charge >= 0.3 is 0 Å². The number of ether oxygens (including phenoxy) is 1. The second-order valence-electron chi connectivity index (χ2n) is 6.60. The van der Waals surface area contributed by atoms with Gasteiger partial charge in [-0.3, -0.25) is 4.99 Å². The number of halogens is 1. The third kappa shape index (κ3) is 8.47. The molecule has 0 amide bonds. The number of nitrogens with zero attached hydrogens (tertiary/aromatic N) is 2. The van der Waals surface area contributed by atoms with Crippen molar-refractivity contribution in [2.75, 3.05) is 49.7 Å². The van der Waals surface area contributed by atoms with Crippen LogP contribution in [0.4, 0.5) is 5.69 Å². The summed E-state index contributed by atoms with van der Waals surface area (Å²) in [5.41, 5.74) is 2.57. The summed E-state index contributed by atoms with van der Waals surface area (Å²) >= 11 is 2.04. The lowest BCUT2D eigenvalue weighted by Gasteiger charge is -2.28. The van der Waals surface area contributed by atoms with E-state index in [0.29, 0.717) is 13.2 Å². The standard InChI is InChI=1S/C21H30N4O2S.HI/c1-22-21(23-9-3-12-26-17-20-4-2-13-27-20)24-16-18-5-7-19(8-6-18)25-10-14-28-15-11-25;/h2,4-8,13H,3,9-12,14-17H2,1H3,(H2,22,23,24);1H. The Labute approximate surface area is 194 Å². The Morgan fingerprint density at radius 1 is 1.17 bits per heavy atom. The quantitative estimate of drug-likeness (QED) is 0.223. The Hall–Kier alpha value is -1.39. The molecule has 160 valence electrons. The Morgan fingerprint density at radius 2 is 1.97 bits per heavy atom. The van der Waals surface area contributed by atoms with Gasteiger partial charge in [0.2, 0.25) is 0 Å². The van der Waals surface area contributed by atoms with E-state index in [0.717, 1.165) is 44.3 Å². The number of hydrogen-bond acceptors (Lipinski definition) is 5. The van der Waals surface area contributed by atoms with Crippen LogP contribution >= 0.6 is 35.7 Å². The molecule has 0 unspecified atom stereocenters. The SMILES string of the molecule is CN=C(NCCCOCc1ccco1)NCc1ccc(N2CCSCC2)cc1.I. The van der Waals surface area contributed by atoms with Gasteiger partial charge in [0.1, 0.15) is 12.4 Å². The number of furan rings is 1. The van der Waals surface area contributed by atoms with Gasteiger partial charge in [0.05, 0.1) is 6.26 Å². The summed E-state index contributed by atoms with van der Waals surface area (Å²) in [4.78, 5) is 6.74. The molecule has 3 rings (SSSR count). The van der Waals surface area contributed by atoms with Gasteiger partial charge in [-0.1, -0.05) is 12.1 Å². The van der Waals surface area contributed by atoms with E-state index in [-0.39, 0.29) is 24.0 Å². The Morgan fingerprint density at radius 3 is 2.66 bits per heavy atom. The molecule has 1 fully saturated rings. The van der Waals surface area contributed by atoms with E-state index in [9.17, 15) is 0 Å². The van der Waals surface area contributed by atoms with Crippen molar-refractivity contribution >= 4 is 47.4 Å². The largest absolute Gasteiger partial charge is 0.467 e. The first-order valence-corrected chi connectivity index (χ1v) is 11.0. The lowest BCUT2D eigenvalue weighted by atomic mass is 10.2. The van der Waals surface area contributed by atoms with Crippen molar-refractivity contribution in [3.8, 4) is 0 Å². The second-order valence-corrected chi connectivity index (χ2v) is 7.83. The topological polar surface area (TPSA) is 62.0 Å². The minimum Gasteiger partial charge on any atom is -0.467 e. The van der Waals surface area contributed by atoms with Crippen LogP contribution in [-0.4, -0.2) is 50.8 Å². The zero-order valence-electron chi connectivity index (χ0n) is 16.9. The van der Waals surface area contributed by atoms with E-state index in [1.165, 1.54) is 22.8 Å². The van der Waals surface area contributed by atoms with Gasteiger partial charge in [-0.05, 0) is 36.2 Å². The highest BCUT2D eigenvalue weighted by Crippen LogP contribution is 2.19. The van der Waals surface area contributed by atoms with E-state index < -0.39 is 0 Å². The first-order valence-electron chi connectivity index (χ1n) is 9.81. The summed E-state index contributed by atoms with van der Waals surface area (Å²) in [6.07, 6.45) is 2.57. The van der Waals surface area contributed by atoms with Crippen LogP contribution in [-0.2, 0) is 17.9 Å². The van der Waals surface area contributed by atoms with Gasteiger partial charge in [-0.2, -0.15) is 11.8 Å². The normalized spacial score (nSPS) is 14.4. The lowest BCUT2D eigenvalue weighted by Crippen LogP contribution is -2.37. The maximum atomic E-state index is 5.58. The number of rotatable bonds is 9. The summed E-state index contributed by atoms with van der Waals surface area (Å²) in [7, 11) is 1.79. The lowest BCUT2D eigenvalue weighted by molar-refractivity contribution is 0.105. The second kappa shape index (κ2) is 13.8. The first-order chi connectivity index (χ1) is 13.8. The molecule has 1 aliphatic rings. The average molecular weight is 530 g/mol. The van der Waals surface area contributed by atoms with Crippen molar-refractivity contribution in [2.24, 2.45) is 4.99 Å². The summed E-state index contributed by atoms with van der Waals surface area (Å²) in [6.45, 7) is 5.05. The van der Waals surface area contributed by atoms with Gasteiger partial charge in [0.25, 0.3) is 0 Å². The van der Waals surface area contributed by atoms with Gasteiger partial charge < -0.3 is 24.7 Å². The zero-order chi connectivity index (χ0) is 19.4. The molecule has 0 saturated carbocycles. The molecular weight excluding hydrogens is 499 g/mol. The average Bonchev–Trinajstić information content (AvgIpc) is 3.27. The van der Waals surface area contributed by atoms with Crippen molar-refractivity contribution in [1.82, 2.24) is 10.6 Å². The molecule has 0 aliphatic carbocycles. The molecule has 2 aromatic rings. The molecule has 0 bridgehead atoms. The van der Waals surface area contributed by atoms with Crippen molar-refractivity contribution in [1.29, 1.82) is 0 Å². The van der Waals surface area contributed by atoms with E-state index in [2.05, 4.69) is 44.8 Å². The fourth-order valence-corrected chi connectivity index (χ4v) is 3.90. The van der Waals surface area contributed by atoms with Crippen molar-refractivity contribution < 1.29 is 9.15 Å². The monoisotopic (exact) mass is 530 g/mol. The zero-order valence-corrected chi connectivity index (χ0v) is 20.1. The summed E-state index contributed by atoms with van der Waals surface area (Å²) in [5.74, 6) is 4.11. The molecule has 8 heteroatoms. The van der Waals surface area contributed by atoms with Crippen LogP contribution in [0, 0.1) is 0 Å². The number of aliphatic imine (C=N–C) groups is 1. The van der Waals surface area contributed by atoms with Gasteiger partial charge in [-0.15, -0.1) is 24.0 Å². The highest BCUT2D eigenvalue weighted by molar-refractivity contribution is 14.0. The van der Waals surface area contributed by atoms with Crippen LogP contribution < -0.4 is 15.5 Å². The smallest absolute Gasteiger partial charge is 0.191 e. The predicted octanol–water partition coefficient (Wildman–Crippen LogP) is 3.72. The summed E-state index contributed by atoms with van der Waals surface area (Å²) in [5, 5.41) is 6.69. The van der Waals surface area contributed by atoms with Gasteiger partial charge in [0.15, 0.2) is 5.96 Å². The van der Waals surface area contributed by atoms with E-state index in [1.807, 2.05) is 23.9 Å². The number of guanidine groups is 1. The third-order valence-electron chi connectivity index (χ3n) is 4.58. The van der Waals surface area contributed by atoms with E-state index in [4.69, 9.17) is 9.15 Å². The van der Waals surface area contributed by atoms with Crippen molar-refractivity contribution in [2.45, 2.75) is 19.6 Å². The molecule has 0 spiro atoms. The minimum atomic E-state index is 0. The van der Waals surface area contributed by atoms with Gasteiger partial charge in [-0.25, -0.2) is 0 Å². The fraction of sp³-hybridized carbons (Fsp3) is 0.476. The Bertz CT molecular complexity index is 704. The number of hydrogen-bond donors (Lipinski definition) is 2. The number of thioether (sulfide) groups is 1. The first kappa shape index (κ1) is 23.9. The van der Waals surface area contributed by atoms with Crippen molar-refractivity contribution in [3.05, 3.63) is 54.0 Å². The van der Waals surface area contributed by atoms with E-state index >= 15 is 0 Å². The maximum Gasteiger partial charge on any atom is 0.191 e. The molecule has 6 nitrogen and oxygen atoms in total. The molecule has 0 atom stereocenters. The van der Waals surface area contributed by atoms with Crippen LogP contribution in [0.15, 0.2) is 52.1 Å². The van der Waals surface area contributed by atoms with Crippen LogP contribution in [0.2, 0.25) is 0 Å². The van der Waals surface area contributed by atoms with Gasteiger partial charge in [0, 0.05) is 57.0 Å². The van der Waals surface area contributed by atoms with Crippen LogP contribution in [0.1, 0.15) is 17.7 Å². The van der Waals surface area contributed by atoms with Crippen LogP contribution in [0.25, 0.3) is 0 Å². The number of benzene rings is 1. The highest BCUT2D eigenvalue weighted by Gasteiger charge is 2.10. The Kier molecular flexibility index (Phi) is 11.3. The Balaban J connectivity index is 0.00000300. The molecule has 1 aromatic carbocycles. The third-order valence-corrected chi connectivity index (χ3v) is 5.52. The number of nitrogens with one attached hydrogen (secondary N) is 2. The minimum absolute atomic E-state index is 0. The molecule has 29 heavy (non-hydrogen) atoms. The molecule has 0 radical (unpaired) electrons. The summed E-state index contributed by atoms with van der Waals surface area (Å²) in [6, 6.07) is 12.6. The molecule has 1 aromatic heterocycles. The number of anilines is 1. The molecule has 2 N–H and O–H groups in total. The maximum absolute atomic E-state index is 5.58. The molecule has 2 heterocycles. The highest BCUT2D eigenvalue weighted by atomic mass is 127. The molecular formula is C21H31IN4O2S. The fourth-order valence-electron chi connectivity index (χ4n) is 3.00. The summed E-state index contributed by atoms with van der Waals surface area (Å²) < 4.78 is 10.8. The molecule has 1 saturated heterocycles. The molecule has 1 aliphatic heterocycles. The van der Waals surface area contributed by atoms with Crippen LogP contribution in [0.5, 0.6) is 0 Å².